The smallest absolute Gasteiger partial charge is 0.463 e. The van der Waals surface area contributed by atoms with E-state index in [9.17, 15) is 43.5 Å². The van der Waals surface area contributed by atoms with E-state index >= 15 is 0 Å². The summed E-state index contributed by atoms with van der Waals surface area (Å²) in [6.45, 7) is 2.37. The van der Waals surface area contributed by atoms with Crippen molar-refractivity contribution in [1.29, 1.82) is 0 Å². The SMILES string of the molecule is CC/C=C\C/C=C\C/C=C\C/C=C\C/C=C\C/C=C\CCCCCCCCCCCCCCCCC(=O)OCC(O)COP(=O)(O)OCC(O)COP(=O)(O)OCC(COC(=O)CCCCCCCCCCCCC/C=C\C/C=C\C/C=C\C/C=C\C/C=C\CC)OC(=O)CCCCCCCCCCC/C=C\C/C=C\C/C=C\C/C=C\C/C=C\CC. The summed E-state index contributed by atoms with van der Waals surface area (Å²) in [6, 6.07) is 0. The third-order valence-corrected chi connectivity index (χ3v) is 21.7. The fraction of sp³-hybridized carbons (Fsp3) is 0.660. The lowest BCUT2D eigenvalue weighted by molar-refractivity contribution is -0.161. The van der Waals surface area contributed by atoms with Crippen molar-refractivity contribution in [2.75, 3.05) is 39.6 Å². The predicted octanol–water partition coefficient (Wildman–Crippen LogP) is 29.8. The number of rotatable bonds is 89. The zero-order valence-corrected chi connectivity index (χ0v) is 77.9. The number of esters is 3. The Bertz CT molecular complexity index is 2980. The van der Waals surface area contributed by atoms with Crippen molar-refractivity contribution in [2.24, 2.45) is 0 Å². The molecule has 690 valence electrons. The van der Waals surface area contributed by atoms with Gasteiger partial charge >= 0.3 is 33.6 Å². The normalized spacial score (nSPS) is 14.6. The van der Waals surface area contributed by atoms with Crippen LogP contribution in [0.15, 0.2) is 194 Å². The molecule has 0 rings (SSSR count). The maximum Gasteiger partial charge on any atom is 0.472 e. The van der Waals surface area contributed by atoms with Crippen molar-refractivity contribution in [2.45, 2.75) is 399 Å². The molecule has 0 aliphatic heterocycles. The molecule has 18 heteroatoms. The number of phosphoric ester groups is 2. The van der Waals surface area contributed by atoms with Crippen LogP contribution in [0.4, 0.5) is 0 Å². The lowest BCUT2D eigenvalue weighted by Gasteiger charge is -2.21. The highest BCUT2D eigenvalue weighted by molar-refractivity contribution is 7.47. The molecular weight excluding hydrogens is 1560 g/mol. The number of ether oxygens (including phenoxy) is 3. The van der Waals surface area contributed by atoms with Gasteiger partial charge in [-0.25, -0.2) is 9.13 Å². The topological polar surface area (TPSA) is 231 Å². The molecule has 0 fully saturated rings. The van der Waals surface area contributed by atoms with Crippen molar-refractivity contribution in [3.63, 3.8) is 0 Å². The van der Waals surface area contributed by atoms with Gasteiger partial charge in [0.15, 0.2) is 6.10 Å². The second kappa shape index (κ2) is 93.5. The van der Waals surface area contributed by atoms with Crippen LogP contribution in [0.2, 0.25) is 0 Å². The minimum atomic E-state index is -4.95. The minimum absolute atomic E-state index is 0.0908. The molecule has 0 aromatic rings. The molecule has 0 heterocycles. The van der Waals surface area contributed by atoms with E-state index < -0.39 is 91.5 Å². The van der Waals surface area contributed by atoms with Gasteiger partial charge in [-0.1, -0.05) is 395 Å². The van der Waals surface area contributed by atoms with Crippen LogP contribution >= 0.6 is 15.6 Å². The summed E-state index contributed by atoms with van der Waals surface area (Å²) >= 11 is 0. The summed E-state index contributed by atoms with van der Waals surface area (Å²) in [5.41, 5.74) is 0. The Morgan fingerprint density at radius 3 is 0.653 bits per heavy atom. The molecule has 0 saturated carbocycles. The van der Waals surface area contributed by atoms with E-state index in [1.807, 2.05) is 0 Å². The Balaban J connectivity index is 4.62. The summed E-state index contributed by atoms with van der Waals surface area (Å²) < 4.78 is 61.6. The molecule has 0 radical (unpaired) electrons. The van der Waals surface area contributed by atoms with E-state index in [0.717, 1.165) is 193 Å². The van der Waals surface area contributed by atoms with Gasteiger partial charge in [0.05, 0.1) is 26.4 Å². The van der Waals surface area contributed by atoms with E-state index in [2.05, 4.69) is 215 Å². The van der Waals surface area contributed by atoms with Crippen molar-refractivity contribution >= 4 is 33.6 Å². The van der Waals surface area contributed by atoms with Gasteiger partial charge in [-0.05, 0) is 161 Å². The second-order valence-corrected chi connectivity index (χ2v) is 34.3. The van der Waals surface area contributed by atoms with Gasteiger partial charge in [0.25, 0.3) is 0 Å². The first-order valence-electron chi connectivity index (χ1n) is 47.7. The monoisotopic (exact) mass is 1730 g/mol. The molecule has 0 saturated heterocycles. The predicted molar refractivity (Wildman–Crippen MR) is 509 cm³/mol. The van der Waals surface area contributed by atoms with Gasteiger partial charge in [0.2, 0.25) is 0 Å². The van der Waals surface area contributed by atoms with Crippen LogP contribution in [0.1, 0.15) is 380 Å². The lowest BCUT2D eigenvalue weighted by Crippen LogP contribution is -2.30. The van der Waals surface area contributed by atoms with Crippen LogP contribution in [0.5, 0.6) is 0 Å². The maximum atomic E-state index is 13.1. The van der Waals surface area contributed by atoms with Crippen LogP contribution in [-0.2, 0) is 55.8 Å². The average molecular weight is 1730 g/mol. The van der Waals surface area contributed by atoms with E-state index in [0.29, 0.717) is 19.3 Å². The van der Waals surface area contributed by atoms with Crippen molar-refractivity contribution in [3.8, 4) is 0 Å². The second-order valence-electron chi connectivity index (χ2n) is 31.4. The van der Waals surface area contributed by atoms with Gasteiger partial charge in [-0.2, -0.15) is 0 Å². The molecule has 0 aromatic carbocycles. The quantitative estimate of drug-likeness (QED) is 0.0146. The number of unbranched alkanes of at least 4 members (excludes halogenated alkanes) is 34. The molecule has 0 spiro atoms. The molecule has 0 amide bonds. The van der Waals surface area contributed by atoms with Crippen LogP contribution in [0.25, 0.3) is 0 Å². The molecule has 0 bridgehead atoms. The van der Waals surface area contributed by atoms with Gasteiger partial charge in [0, 0.05) is 19.3 Å². The highest BCUT2D eigenvalue weighted by Gasteiger charge is 2.30. The fourth-order valence-electron chi connectivity index (χ4n) is 12.7. The van der Waals surface area contributed by atoms with Gasteiger partial charge in [-0.15, -0.1) is 0 Å². The van der Waals surface area contributed by atoms with E-state index in [1.165, 1.54) is 128 Å². The summed E-state index contributed by atoms with van der Waals surface area (Å²) in [7, 11) is -9.82. The van der Waals surface area contributed by atoms with E-state index in [-0.39, 0.29) is 19.3 Å². The van der Waals surface area contributed by atoms with Gasteiger partial charge in [-0.3, -0.25) is 32.5 Å². The Hall–Kier alpha value is -5.61. The Labute approximate surface area is 737 Å². The standard InChI is InChI=1S/C103H172O16P2/c1-4-7-10-13-16-19-22-25-28-31-34-37-40-43-45-46-47-48-49-50-52-55-56-59-62-65-68-71-74-77-80-83-86-89-101(106)113-92-98(104)93-115-120(109,110)116-94-99(105)95-117-121(111,112)118-97-100(119-103(108)91-88-85-82-79-76-73-70-67-64-61-58-53-42-39-36-33-30-27-24-21-18-15-12-9-6-3)96-114-102(107)90-87-84-81-78-75-72-69-66-63-60-57-54-51-44-41-38-35-32-29-26-23-20-17-14-11-8-5-2/h7-12,16-21,25-30,34-39,43-45,47-48,51,53,58,98-100,104-105H,4-6,13-15,22-24,31-33,40-42,46,49-50,52,54-57,59-97H2,1-3H3,(H,109,110)(H,111,112)/b10-7-,11-8-,12-9-,19-16-,20-17-,21-18-,28-25-,29-26-,30-27-,37-34-,38-35-,39-36-,45-43-,48-47-,51-44-,58-53-. The molecule has 16 nitrogen and oxygen atoms in total. The lowest BCUT2D eigenvalue weighted by atomic mass is 10.0. The number of hydrogen-bond donors (Lipinski definition) is 4. The number of phosphoric acid groups is 2. The summed E-state index contributed by atoms with van der Waals surface area (Å²) in [5, 5.41) is 20.8. The molecule has 4 N–H and O–H groups in total. The molecule has 5 unspecified atom stereocenters. The first-order valence-corrected chi connectivity index (χ1v) is 50.7. The number of carbonyl (C=O) groups is 3. The van der Waals surface area contributed by atoms with E-state index in [4.69, 9.17) is 32.3 Å². The van der Waals surface area contributed by atoms with Gasteiger partial charge in [0.1, 0.15) is 25.4 Å². The number of aliphatic hydroxyl groups is 2. The molecule has 121 heavy (non-hydrogen) atoms. The third kappa shape index (κ3) is 94.9. The van der Waals surface area contributed by atoms with E-state index in [1.54, 1.807) is 0 Å². The largest absolute Gasteiger partial charge is 0.472 e. The zero-order chi connectivity index (χ0) is 87.9. The maximum absolute atomic E-state index is 13.1. The Morgan fingerprint density at radius 1 is 0.231 bits per heavy atom. The zero-order valence-electron chi connectivity index (χ0n) is 76.1. The van der Waals surface area contributed by atoms with Crippen LogP contribution in [-0.4, -0.2) is 95.9 Å². The molecule has 5 atom stereocenters. The first kappa shape index (κ1) is 115. The number of aliphatic hydroxyl groups excluding tert-OH is 2. The molecule has 0 aliphatic carbocycles. The van der Waals surface area contributed by atoms with Crippen molar-refractivity contribution in [3.05, 3.63) is 194 Å². The van der Waals surface area contributed by atoms with Crippen LogP contribution in [0.3, 0.4) is 0 Å². The number of carbonyl (C=O) groups excluding carboxylic acids is 3. The van der Waals surface area contributed by atoms with Gasteiger partial charge < -0.3 is 34.2 Å². The average Bonchev–Trinajstić information content (AvgIpc) is 0.908. The number of allylic oxidation sites excluding steroid dienone is 32. The highest BCUT2D eigenvalue weighted by atomic mass is 31.2. The fourth-order valence-corrected chi connectivity index (χ4v) is 14.3. The van der Waals surface area contributed by atoms with Crippen molar-refractivity contribution < 1.29 is 75.8 Å². The van der Waals surface area contributed by atoms with Crippen LogP contribution in [0, 0.1) is 0 Å². The summed E-state index contributed by atoms with van der Waals surface area (Å²) in [5.74, 6) is -1.58. The highest BCUT2D eigenvalue weighted by Crippen LogP contribution is 2.45. The Kier molecular flexibility index (Phi) is 89.2. The van der Waals surface area contributed by atoms with Crippen LogP contribution < -0.4 is 0 Å². The van der Waals surface area contributed by atoms with Crippen molar-refractivity contribution in [1.82, 2.24) is 0 Å². The number of hydrogen-bond acceptors (Lipinski definition) is 14. The Morgan fingerprint density at radius 2 is 0.413 bits per heavy atom. The third-order valence-electron chi connectivity index (χ3n) is 19.8. The summed E-state index contributed by atoms with van der Waals surface area (Å²) in [4.78, 5) is 59.1. The molecular formula is C103H172O16P2. The molecule has 0 aromatic heterocycles. The first-order chi connectivity index (χ1) is 59.2. The minimum Gasteiger partial charge on any atom is -0.463 e. The summed E-state index contributed by atoms with van der Waals surface area (Å²) in [6.07, 6.45) is 125. The molecule has 0 aliphatic rings.